The molecular weight excluding hydrogens is 259 g/mol. The zero-order valence-corrected chi connectivity index (χ0v) is 12.3. The van der Waals surface area contributed by atoms with E-state index >= 15 is 0 Å². The third-order valence-corrected chi connectivity index (χ3v) is 3.17. The van der Waals surface area contributed by atoms with E-state index in [1.165, 1.54) is 6.07 Å². The summed E-state index contributed by atoms with van der Waals surface area (Å²) >= 11 is 0. The highest BCUT2D eigenvalue weighted by molar-refractivity contribution is 5.79. The van der Waals surface area contributed by atoms with Gasteiger partial charge in [0, 0.05) is 32.9 Å². The van der Waals surface area contributed by atoms with E-state index in [4.69, 9.17) is 10.6 Å². The minimum absolute atomic E-state index is 0.173. The predicted octanol–water partition coefficient (Wildman–Crippen LogP) is 1.67. The number of nitrogens with two attached hydrogens (primary N) is 1. The van der Waals surface area contributed by atoms with Crippen molar-refractivity contribution < 1.29 is 9.13 Å². The van der Waals surface area contributed by atoms with Crippen LogP contribution in [0.25, 0.3) is 0 Å². The zero-order chi connectivity index (χ0) is 15.0. The van der Waals surface area contributed by atoms with Gasteiger partial charge in [-0.3, -0.25) is 10.4 Å². The molecule has 6 heteroatoms. The molecule has 0 radical (unpaired) electrons. The Labute approximate surface area is 119 Å². The molecule has 0 saturated carbocycles. The molecule has 112 valence electrons. The van der Waals surface area contributed by atoms with Crippen LogP contribution in [-0.4, -0.2) is 38.2 Å². The Bertz CT molecular complexity index is 439. The topological polar surface area (TPSA) is 62.9 Å². The van der Waals surface area contributed by atoms with Crippen LogP contribution in [-0.2, 0) is 4.74 Å². The normalized spacial score (nSPS) is 13.2. The van der Waals surface area contributed by atoms with Gasteiger partial charge in [-0.05, 0) is 19.4 Å². The average Bonchev–Trinajstić information content (AvgIpc) is 2.46. The second kappa shape index (κ2) is 8.50. The van der Waals surface area contributed by atoms with E-state index in [0.717, 1.165) is 6.42 Å². The molecule has 1 atom stereocenters. The van der Waals surface area contributed by atoms with Crippen LogP contribution in [0, 0.1) is 5.82 Å². The van der Waals surface area contributed by atoms with Crippen molar-refractivity contribution in [2.24, 2.45) is 10.8 Å². The highest BCUT2D eigenvalue weighted by Gasteiger charge is 2.17. The number of nitrogens with zero attached hydrogens (tertiary/aromatic N) is 2. The monoisotopic (exact) mass is 282 g/mol. The number of guanidine groups is 1. The lowest BCUT2D eigenvalue weighted by atomic mass is 10.1. The maximum absolute atomic E-state index is 13.8. The van der Waals surface area contributed by atoms with Crippen molar-refractivity contribution in [3.05, 3.63) is 35.6 Å². The van der Waals surface area contributed by atoms with E-state index < -0.39 is 0 Å². The fraction of sp³-hybridized carbons (Fsp3) is 0.500. The molecule has 3 N–H and O–H groups in total. The number of hydrogen-bond acceptors (Lipinski definition) is 3. The van der Waals surface area contributed by atoms with Crippen molar-refractivity contribution in [3.8, 4) is 0 Å². The quantitative estimate of drug-likeness (QED) is 0.274. The summed E-state index contributed by atoms with van der Waals surface area (Å²) in [5, 5.41) is 0. The molecule has 0 fully saturated rings. The zero-order valence-electron chi connectivity index (χ0n) is 12.3. The van der Waals surface area contributed by atoms with E-state index in [0.29, 0.717) is 24.7 Å². The molecule has 1 aromatic carbocycles. The number of hydrazine groups is 1. The van der Waals surface area contributed by atoms with Crippen molar-refractivity contribution >= 4 is 5.96 Å². The van der Waals surface area contributed by atoms with Gasteiger partial charge in [0.25, 0.3) is 0 Å². The highest BCUT2D eigenvalue weighted by Crippen LogP contribution is 2.21. The summed E-state index contributed by atoms with van der Waals surface area (Å²) in [6.07, 6.45) is 0.809. The number of hydrogen-bond donors (Lipinski definition) is 2. The minimum atomic E-state index is -0.234. The van der Waals surface area contributed by atoms with Crippen LogP contribution in [0.1, 0.15) is 24.9 Å². The Morgan fingerprint density at radius 1 is 1.50 bits per heavy atom. The molecule has 0 aliphatic heterocycles. The number of aliphatic imine (C=N–C) groups is 1. The summed E-state index contributed by atoms with van der Waals surface area (Å²) in [4.78, 5) is 6.17. The molecule has 0 heterocycles. The first-order chi connectivity index (χ1) is 9.61. The first-order valence-electron chi connectivity index (χ1n) is 6.59. The summed E-state index contributed by atoms with van der Waals surface area (Å²) in [6.45, 7) is 3.15. The summed E-state index contributed by atoms with van der Waals surface area (Å²) < 4.78 is 18.8. The van der Waals surface area contributed by atoms with Crippen molar-refractivity contribution in [2.45, 2.75) is 19.4 Å². The molecule has 1 aromatic rings. The van der Waals surface area contributed by atoms with Crippen LogP contribution in [0.2, 0.25) is 0 Å². The van der Waals surface area contributed by atoms with E-state index in [-0.39, 0.29) is 11.9 Å². The van der Waals surface area contributed by atoms with E-state index in [9.17, 15) is 4.39 Å². The Balaban J connectivity index is 2.75. The number of nitrogens with one attached hydrogen (secondary N) is 1. The van der Waals surface area contributed by atoms with E-state index in [1.54, 1.807) is 19.2 Å². The molecule has 0 aromatic heterocycles. The standard InChI is InChI=1S/C14H23FN4O/c1-11(12-7-4-5-8-13(12)15)19(2)14(18-16)17-9-6-10-20-3/h4-5,7-8,11H,6,9-10,16H2,1-3H3,(H,17,18). The number of benzene rings is 1. The maximum Gasteiger partial charge on any atom is 0.208 e. The SMILES string of the molecule is COCCCN=C(NN)N(C)C(C)c1ccccc1F. The van der Waals surface area contributed by atoms with Gasteiger partial charge in [-0.1, -0.05) is 18.2 Å². The average molecular weight is 282 g/mol. The lowest BCUT2D eigenvalue weighted by molar-refractivity contribution is 0.197. The van der Waals surface area contributed by atoms with Gasteiger partial charge < -0.3 is 9.64 Å². The second-order valence-corrected chi connectivity index (χ2v) is 4.50. The van der Waals surface area contributed by atoms with Gasteiger partial charge in [-0.25, -0.2) is 10.2 Å². The molecule has 1 unspecified atom stereocenters. The molecule has 0 saturated heterocycles. The Kier molecular flexibility index (Phi) is 6.97. The Hall–Kier alpha value is -1.66. The third-order valence-electron chi connectivity index (χ3n) is 3.17. The van der Waals surface area contributed by atoms with Crippen molar-refractivity contribution in [3.63, 3.8) is 0 Å². The van der Waals surface area contributed by atoms with Crippen LogP contribution in [0.15, 0.2) is 29.3 Å². The summed E-state index contributed by atoms with van der Waals surface area (Å²) in [5.74, 6) is 5.79. The molecule has 0 aliphatic rings. The van der Waals surface area contributed by atoms with Crippen molar-refractivity contribution in [2.75, 3.05) is 27.3 Å². The third kappa shape index (κ3) is 4.47. The van der Waals surface area contributed by atoms with Crippen LogP contribution < -0.4 is 11.3 Å². The van der Waals surface area contributed by atoms with E-state index in [2.05, 4.69) is 10.4 Å². The van der Waals surface area contributed by atoms with Gasteiger partial charge in [0.2, 0.25) is 5.96 Å². The number of halogens is 1. The van der Waals surface area contributed by atoms with Gasteiger partial charge in [0.1, 0.15) is 5.82 Å². The molecule has 0 bridgehead atoms. The molecular formula is C14H23FN4O. The largest absolute Gasteiger partial charge is 0.385 e. The lowest BCUT2D eigenvalue weighted by Crippen LogP contribution is -2.44. The van der Waals surface area contributed by atoms with Crippen LogP contribution in [0.4, 0.5) is 4.39 Å². The van der Waals surface area contributed by atoms with Crippen LogP contribution in [0.5, 0.6) is 0 Å². The summed E-state index contributed by atoms with van der Waals surface area (Å²) in [7, 11) is 3.48. The number of rotatable bonds is 6. The lowest BCUT2D eigenvalue weighted by Gasteiger charge is -2.28. The molecule has 1 rings (SSSR count). The molecule has 20 heavy (non-hydrogen) atoms. The highest BCUT2D eigenvalue weighted by atomic mass is 19.1. The number of methoxy groups -OCH3 is 1. The smallest absolute Gasteiger partial charge is 0.208 e. The Morgan fingerprint density at radius 2 is 2.20 bits per heavy atom. The van der Waals surface area contributed by atoms with Gasteiger partial charge >= 0.3 is 0 Å². The van der Waals surface area contributed by atoms with Crippen LogP contribution >= 0.6 is 0 Å². The van der Waals surface area contributed by atoms with Gasteiger partial charge in [0.05, 0.1) is 6.04 Å². The number of ether oxygens (including phenoxy) is 1. The molecule has 0 amide bonds. The summed E-state index contributed by atoms with van der Waals surface area (Å²) in [5.41, 5.74) is 3.17. The molecule has 0 spiro atoms. The second-order valence-electron chi connectivity index (χ2n) is 4.50. The molecule has 5 nitrogen and oxygen atoms in total. The predicted molar refractivity (Wildman–Crippen MR) is 78.7 cm³/mol. The van der Waals surface area contributed by atoms with E-state index in [1.807, 2.05) is 24.9 Å². The van der Waals surface area contributed by atoms with Crippen LogP contribution in [0.3, 0.4) is 0 Å². The molecule has 0 aliphatic carbocycles. The summed E-state index contributed by atoms with van der Waals surface area (Å²) in [6, 6.07) is 6.52. The fourth-order valence-electron chi connectivity index (χ4n) is 1.86. The van der Waals surface area contributed by atoms with Gasteiger partial charge in [-0.15, -0.1) is 0 Å². The maximum atomic E-state index is 13.8. The van der Waals surface area contributed by atoms with Crippen molar-refractivity contribution in [1.82, 2.24) is 10.3 Å². The van der Waals surface area contributed by atoms with Gasteiger partial charge in [0.15, 0.2) is 0 Å². The van der Waals surface area contributed by atoms with Gasteiger partial charge in [-0.2, -0.15) is 0 Å². The van der Waals surface area contributed by atoms with Crippen molar-refractivity contribution in [1.29, 1.82) is 0 Å². The first kappa shape index (κ1) is 16.4. The fourth-order valence-corrected chi connectivity index (χ4v) is 1.86. The Morgan fingerprint density at radius 3 is 2.80 bits per heavy atom. The first-order valence-corrected chi connectivity index (χ1v) is 6.59. The minimum Gasteiger partial charge on any atom is -0.385 e.